The maximum atomic E-state index is 12.7. The van der Waals surface area contributed by atoms with Gasteiger partial charge in [-0.3, -0.25) is 10.1 Å². The van der Waals surface area contributed by atoms with Crippen molar-refractivity contribution in [3.63, 3.8) is 0 Å². The SMILES string of the molecule is C[C@H](CC(C)(C)S(N)=O)c1ccc(F)cn1. The molecule has 0 aliphatic heterocycles. The predicted octanol–water partition coefficient (Wildman–Crippen LogP) is 2.12. The summed E-state index contributed by atoms with van der Waals surface area (Å²) in [7, 11) is -1.38. The molecule has 2 atom stereocenters. The molecule has 1 heterocycles. The largest absolute Gasteiger partial charge is 0.258 e. The monoisotopic (exact) mass is 244 g/mol. The van der Waals surface area contributed by atoms with E-state index in [-0.39, 0.29) is 11.7 Å². The normalized spacial score (nSPS) is 15.8. The molecule has 5 heteroatoms. The van der Waals surface area contributed by atoms with Gasteiger partial charge in [-0.25, -0.2) is 8.60 Å². The molecule has 0 radical (unpaired) electrons. The highest BCUT2D eigenvalue weighted by Gasteiger charge is 2.27. The molecule has 1 unspecified atom stereocenters. The van der Waals surface area contributed by atoms with Gasteiger partial charge in [0.25, 0.3) is 0 Å². The van der Waals surface area contributed by atoms with E-state index in [0.717, 1.165) is 5.69 Å². The van der Waals surface area contributed by atoms with Gasteiger partial charge < -0.3 is 0 Å². The minimum Gasteiger partial charge on any atom is -0.258 e. The Balaban J connectivity index is 2.76. The summed E-state index contributed by atoms with van der Waals surface area (Å²) < 4.78 is 23.5. The molecule has 0 bridgehead atoms. The van der Waals surface area contributed by atoms with E-state index in [1.807, 2.05) is 20.8 Å². The van der Waals surface area contributed by atoms with E-state index in [0.29, 0.717) is 6.42 Å². The van der Waals surface area contributed by atoms with Crippen molar-refractivity contribution >= 4 is 11.0 Å². The third kappa shape index (κ3) is 3.35. The molecule has 0 aliphatic rings. The molecular formula is C11H17FN2OS. The van der Waals surface area contributed by atoms with Crippen LogP contribution in [-0.2, 0) is 11.0 Å². The molecule has 90 valence electrons. The van der Waals surface area contributed by atoms with Gasteiger partial charge in [0, 0.05) is 5.69 Å². The summed E-state index contributed by atoms with van der Waals surface area (Å²) in [5, 5.41) is 5.41. The number of nitrogens with zero attached hydrogens (tertiary/aromatic N) is 1. The zero-order valence-corrected chi connectivity index (χ0v) is 10.6. The van der Waals surface area contributed by atoms with Crippen LogP contribution in [0, 0.1) is 5.82 Å². The highest BCUT2D eigenvalue weighted by atomic mass is 32.2. The molecule has 2 N–H and O–H groups in total. The number of nitrogens with two attached hydrogens (primary N) is 1. The van der Waals surface area contributed by atoms with Crippen LogP contribution in [0.2, 0.25) is 0 Å². The highest BCUT2D eigenvalue weighted by molar-refractivity contribution is 7.84. The number of aromatic nitrogens is 1. The summed E-state index contributed by atoms with van der Waals surface area (Å²) in [5.74, 6) is -0.249. The first-order valence-corrected chi connectivity index (χ1v) is 6.32. The van der Waals surface area contributed by atoms with Crippen molar-refractivity contribution in [2.24, 2.45) is 5.14 Å². The van der Waals surface area contributed by atoms with Gasteiger partial charge >= 0.3 is 0 Å². The first-order chi connectivity index (χ1) is 7.33. The van der Waals surface area contributed by atoms with Gasteiger partial charge in [-0.2, -0.15) is 0 Å². The molecule has 1 aromatic heterocycles. The van der Waals surface area contributed by atoms with Crippen molar-refractivity contribution in [1.29, 1.82) is 0 Å². The number of hydrogen-bond acceptors (Lipinski definition) is 2. The van der Waals surface area contributed by atoms with Crippen molar-refractivity contribution in [3.8, 4) is 0 Å². The van der Waals surface area contributed by atoms with Crippen molar-refractivity contribution in [1.82, 2.24) is 4.98 Å². The number of hydrogen-bond donors (Lipinski definition) is 1. The number of pyridine rings is 1. The average Bonchev–Trinajstić information content (AvgIpc) is 2.17. The van der Waals surface area contributed by atoms with E-state index in [4.69, 9.17) is 5.14 Å². The summed E-state index contributed by atoms with van der Waals surface area (Å²) in [5.41, 5.74) is 0.792. The van der Waals surface area contributed by atoms with Crippen LogP contribution >= 0.6 is 0 Å². The Bertz CT molecular complexity index is 378. The third-order valence-corrected chi connectivity index (χ3v) is 3.85. The number of halogens is 1. The summed E-state index contributed by atoms with van der Waals surface area (Å²) >= 11 is 0. The lowest BCUT2D eigenvalue weighted by molar-refractivity contribution is 0.531. The lowest BCUT2D eigenvalue weighted by atomic mass is 9.95. The Morgan fingerprint density at radius 2 is 2.19 bits per heavy atom. The van der Waals surface area contributed by atoms with Gasteiger partial charge in [-0.15, -0.1) is 0 Å². The standard InChI is InChI=1S/C11H17FN2OS/c1-8(6-11(2,3)16(13)15)10-5-4-9(12)7-14-10/h4-5,7-8H,6,13H2,1-3H3/t8-,16?/m1/s1. The Labute approximate surface area is 97.9 Å². The minimum atomic E-state index is -1.38. The number of rotatable bonds is 4. The molecular weight excluding hydrogens is 227 g/mol. The molecule has 0 saturated carbocycles. The second-order valence-electron chi connectivity index (χ2n) is 4.56. The van der Waals surface area contributed by atoms with Crippen LogP contribution in [0.15, 0.2) is 18.3 Å². The first-order valence-electron chi connectivity index (χ1n) is 5.10. The van der Waals surface area contributed by atoms with E-state index >= 15 is 0 Å². The smallest absolute Gasteiger partial charge is 0.141 e. The van der Waals surface area contributed by atoms with Gasteiger partial charge in [-0.05, 0) is 38.3 Å². The van der Waals surface area contributed by atoms with Crippen molar-refractivity contribution in [2.45, 2.75) is 37.9 Å². The fourth-order valence-corrected chi connectivity index (χ4v) is 2.02. The lowest BCUT2D eigenvalue weighted by Crippen LogP contribution is -2.33. The molecule has 16 heavy (non-hydrogen) atoms. The Morgan fingerprint density at radius 3 is 2.62 bits per heavy atom. The van der Waals surface area contributed by atoms with E-state index in [2.05, 4.69) is 4.98 Å². The molecule has 0 amide bonds. The van der Waals surface area contributed by atoms with Gasteiger partial charge in [0.1, 0.15) is 5.82 Å². The summed E-state index contributed by atoms with van der Waals surface area (Å²) in [6, 6.07) is 3.03. The minimum absolute atomic E-state index is 0.100. The van der Waals surface area contributed by atoms with Crippen LogP contribution in [0.3, 0.4) is 0 Å². The van der Waals surface area contributed by atoms with Crippen LogP contribution in [-0.4, -0.2) is 13.9 Å². The van der Waals surface area contributed by atoms with Crippen LogP contribution in [0.1, 0.15) is 38.8 Å². The Hall–Kier alpha value is -0.810. The fraction of sp³-hybridized carbons (Fsp3) is 0.545. The Kier molecular flexibility index (Phi) is 4.15. The highest BCUT2D eigenvalue weighted by Crippen LogP contribution is 2.27. The maximum Gasteiger partial charge on any atom is 0.141 e. The van der Waals surface area contributed by atoms with Gasteiger partial charge in [0.15, 0.2) is 0 Å². The summed E-state index contributed by atoms with van der Waals surface area (Å²) in [4.78, 5) is 4.01. The fourth-order valence-electron chi connectivity index (χ4n) is 1.60. The maximum absolute atomic E-state index is 12.7. The van der Waals surface area contributed by atoms with Crippen molar-refractivity contribution in [2.75, 3.05) is 0 Å². The van der Waals surface area contributed by atoms with Crippen molar-refractivity contribution < 1.29 is 8.60 Å². The molecule has 1 aromatic rings. The topological polar surface area (TPSA) is 56.0 Å². The first kappa shape index (κ1) is 13.3. The lowest BCUT2D eigenvalue weighted by Gasteiger charge is -2.24. The second kappa shape index (κ2) is 5.01. The zero-order valence-electron chi connectivity index (χ0n) is 9.74. The van der Waals surface area contributed by atoms with E-state index < -0.39 is 15.7 Å². The van der Waals surface area contributed by atoms with Gasteiger partial charge in [0.2, 0.25) is 0 Å². The van der Waals surface area contributed by atoms with Crippen LogP contribution in [0.4, 0.5) is 4.39 Å². The predicted molar refractivity (Wildman–Crippen MR) is 63.6 cm³/mol. The van der Waals surface area contributed by atoms with Crippen LogP contribution < -0.4 is 5.14 Å². The van der Waals surface area contributed by atoms with E-state index in [9.17, 15) is 8.60 Å². The van der Waals surface area contributed by atoms with Crippen LogP contribution in [0.25, 0.3) is 0 Å². The van der Waals surface area contributed by atoms with E-state index in [1.54, 1.807) is 6.07 Å². The quantitative estimate of drug-likeness (QED) is 0.882. The van der Waals surface area contributed by atoms with Gasteiger partial charge in [0.05, 0.1) is 21.9 Å². The average molecular weight is 244 g/mol. The summed E-state index contributed by atoms with van der Waals surface area (Å²) in [6.45, 7) is 5.67. The second-order valence-corrected chi connectivity index (χ2v) is 6.26. The molecule has 0 aromatic carbocycles. The zero-order chi connectivity index (χ0) is 12.3. The molecule has 0 fully saturated rings. The molecule has 0 spiro atoms. The Morgan fingerprint density at radius 1 is 1.56 bits per heavy atom. The molecule has 0 aliphatic carbocycles. The van der Waals surface area contributed by atoms with Crippen LogP contribution in [0.5, 0.6) is 0 Å². The summed E-state index contributed by atoms with van der Waals surface area (Å²) in [6.07, 6.45) is 1.84. The molecule has 0 saturated heterocycles. The van der Waals surface area contributed by atoms with Crippen molar-refractivity contribution in [3.05, 3.63) is 29.8 Å². The molecule has 1 rings (SSSR count). The van der Waals surface area contributed by atoms with E-state index in [1.165, 1.54) is 12.3 Å². The molecule has 3 nitrogen and oxygen atoms in total. The third-order valence-electron chi connectivity index (χ3n) is 2.60. The van der Waals surface area contributed by atoms with Gasteiger partial charge in [-0.1, -0.05) is 6.92 Å².